The van der Waals surface area contributed by atoms with E-state index >= 15 is 0 Å². The van der Waals surface area contributed by atoms with E-state index in [-0.39, 0.29) is 11.7 Å². The smallest absolute Gasteiger partial charge is 0.141 e. The van der Waals surface area contributed by atoms with Crippen LogP contribution in [0, 0.1) is 5.82 Å². The zero-order valence-electron chi connectivity index (χ0n) is 18.2. The van der Waals surface area contributed by atoms with Gasteiger partial charge >= 0.3 is 0 Å². The molecule has 0 amide bonds. The molecule has 6 nitrogen and oxygen atoms in total. The van der Waals surface area contributed by atoms with E-state index in [4.69, 9.17) is 9.72 Å². The molecule has 1 aliphatic rings. The molecule has 7 heteroatoms. The molecule has 0 spiro atoms. The van der Waals surface area contributed by atoms with Gasteiger partial charge < -0.3 is 19.9 Å². The summed E-state index contributed by atoms with van der Waals surface area (Å²) in [5.41, 5.74) is 5.68. The fraction of sp³-hybridized carbons (Fsp3) is 0.280. The highest BCUT2D eigenvalue weighted by atomic mass is 19.1. The Labute approximate surface area is 186 Å². The first-order chi connectivity index (χ1) is 15.6. The molecule has 4 aromatic rings. The first-order valence-electron chi connectivity index (χ1n) is 10.9. The number of aromatic nitrogens is 3. The first-order valence-corrected chi connectivity index (χ1v) is 10.9. The van der Waals surface area contributed by atoms with Gasteiger partial charge in [-0.2, -0.15) is 0 Å². The Hall–Kier alpha value is -3.45. The van der Waals surface area contributed by atoms with E-state index in [0.29, 0.717) is 13.2 Å². The number of morpholine rings is 1. The van der Waals surface area contributed by atoms with E-state index in [1.54, 1.807) is 18.3 Å². The highest BCUT2D eigenvalue weighted by Crippen LogP contribution is 2.36. The number of rotatable bonds is 5. The van der Waals surface area contributed by atoms with Crippen LogP contribution in [0.5, 0.6) is 0 Å². The van der Waals surface area contributed by atoms with Crippen LogP contribution in [0.3, 0.4) is 0 Å². The van der Waals surface area contributed by atoms with Gasteiger partial charge in [0.25, 0.3) is 0 Å². The Kier molecular flexibility index (Phi) is 5.49. The molecule has 0 aliphatic carbocycles. The number of hydrogen-bond acceptors (Lipinski definition) is 5. The maximum atomic E-state index is 13.4. The number of nitrogens with zero attached hydrogens (tertiary/aromatic N) is 3. The maximum Gasteiger partial charge on any atom is 0.141 e. The zero-order valence-corrected chi connectivity index (χ0v) is 18.2. The predicted octanol–water partition coefficient (Wildman–Crippen LogP) is 5.47. The number of benzene rings is 1. The van der Waals surface area contributed by atoms with E-state index in [1.807, 2.05) is 18.3 Å². The van der Waals surface area contributed by atoms with Crippen molar-refractivity contribution in [1.29, 1.82) is 0 Å². The molecule has 5 rings (SSSR count). The number of pyridine rings is 2. The summed E-state index contributed by atoms with van der Waals surface area (Å²) in [5.74, 6) is 0.825. The summed E-state index contributed by atoms with van der Waals surface area (Å²) in [6.45, 7) is 7.42. The SMILES string of the molecule is CC(C)c1ccc(-c2ccc(F)cc2)nc1Nc1ccnc2[nH]cc(N3CCOCC3)c12. The largest absolute Gasteiger partial charge is 0.378 e. The van der Waals surface area contributed by atoms with Crippen LogP contribution in [-0.4, -0.2) is 41.3 Å². The lowest BCUT2D eigenvalue weighted by Crippen LogP contribution is -2.36. The Morgan fingerprint density at radius 2 is 1.84 bits per heavy atom. The summed E-state index contributed by atoms with van der Waals surface area (Å²) in [6, 6.07) is 12.5. The van der Waals surface area contributed by atoms with Gasteiger partial charge in [-0.1, -0.05) is 19.9 Å². The van der Waals surface area contributed by atoms with E-state index in [2.05, 4.69) is 40.1 Å². The molecule has 1 fully saturated rings. The standard InChI is InChI=1S/C25H26FN5O/c1-16(2)19-7-8-20(17-3-5-18(26)6-4-17)29-24(19)30-21-9-10-27-25-23(21)22(15-28-25)31-11-13-32-14-12-31/h3-10,15-16H,11-14H2,1-2H3,(H2,27,28,29,30). The molecule has 32 heavy (non-hydrogen) atoms. The van der Waals surface area contributed by atoms with Crippen molar-refractivity contribution in [3.05, 3.63) is 66.2 Å². The molecule has 0 unspecified atom stereocenters. The second-order valence-electron chi connectivity index (χ2n) is 8.28. The summed E-state index contributed by atoms with van der Waals surface area (Å²) in [6.07, 6.45) is 3.81. The van der Waals surface area contributed by atoms with Crippen molar-refractivity contribution >= 4 is 28.2 Å². The lowest BCUT2D eigenvalue weighted by Gasteiger charge is -2.28. The maximum absolute atomic E-state index is 13.4. The predicted molar refractivity (Wildman–Crippen MR) is 126 cm³/mol. The average molecular weight is 432 g/mol. The van der Waals surface area contributed by atoms with Crippen molar-refractivity contribution in [1.82, 2.24) is 15.0 Å². The molecular weight excluding hydrogens is 405 g/mol. The van der Waals surface area contributed by atoms with Crippen molar-refractivity contribution in [2.75, 3.05) is 36.5 Å². The van der Waals surface area contributed by atoms with Crippen LogP contribution >= 0.6 is 0 Å². The number of fused-ring (bicyclic) bond motifs is 1. The van der Waals surface area contributed by atoms with Crippen molar-refractivity contribution < 1.29 is 9.13 Å². The summed E-state index contributed by atoms with van der Waals surface area (Å²) in [4.78, 5) is 15.1. The highest BCUT2D eigenvalue weighted by Gasteiger charge is 2.19. The van der Waals surface area contributed by atoms with Gasteiger partial charge in [-0.05, 0) is 47.9 Å². The molecule has 1 aromatic carbocycles. The topological polar surface area (TPSA) is 66.1 Å². The van der Waals surface area contributed by atoms with Gasteiger partial charge in [0.15, 0.2) is 0 Å². The fourth-order valence-electron chi connectivity index (χ4n) is 4.14. The summed E-state index contributed by atoms with van der Waals surface area (Å²) >= 11 is 0. The normalized spacial score (nSPS) is 14.3. The fourth-order valence-corrected chi connectivity index (χ4v) is 4.14. The monoisotopic (exact) mass is 431 g/mol. The second kappa shape index (κ2) is 8.59. The quantitative estimate of drug-likeness (QED) is 0.439. The number of ether oxygens (including phenoxy) is 1. The third-order valence-corrected chi connectivity index (χ3v) is 5.85. The molecule has 1 aliphatic heterocycles. The van der Waals surface area contributed by atoms with Gasteiger partial charge in [-0.15, -0.1) is 0 Å². The summed E-state index contributed by atoms with van der Waals surface area (Å²) in [7, 11) is 0. The molecule has 1 saturated heterocycles. The molecule has 0 bridgehead atoms. The molecule has 4 heterocycles. The minimum absolute atomic E-state index is 0.256. The van der Waals surface area contributed by atoms with Gasteiger partial charge in [0, 0.05) is 31.0 Å². The van der Waals surface area contributed by atoms with Crippen molar-refractivity contribution in [3.8, 4) is 11.3 Å². The molecule has 0 radical (unpaired) electrons. The van der Waals surface area contributed by atoms with E-state index in [0.717, 1.165) is 58.1 Å². The molecule has 0 saturated carbocycles. The zero-order chi connectivity index (χ0) is 22.1. The Morgan fingerprint density at radius 3 is 2.59 bits per heavy atom. The lowest BCUT2D eigenvalue weighted by molar-refractivity contribution is 0.123. The lowest BCUT2D eigenvalue weighted by atomic mass is 10.0. The van der Waals surface area contributed by atoms with Crippen LogP contribution in [0.15, 0.2) is 54.9 Å². The number of halogens is 1. The van der Waals surface area contributed by atoms with E-state index < -0.39 is 0 Å². The Morgan fingerprint density at radius 1 is 1.06 bits per heavy atom. The molecule has 164 valence electrons. The van der Waals surface area contributed by atoms with Gasteiger partial charge in [0.05, 0.1) is 35.7 Å². The summed E-state index contributed by atoms with van der Waals surface area (Å²) in [5, 5.41) is 4.62. The number of hydrogen-bond donors (Lipinski definition) is 2. The number of H-pyrrole nitrogens is 1. The van der Waals surface area contributed by atoms with Crippen LogP contribution in [0.1, 0.15) is 25.3 Å². The minimum atomic E-state index is -0.256. The van der Waals surface area contributed by atoms with Gasteiger partial charge in [0.2, 0.25) is 0 Å². The Bertz CT molecular complexity index is 1230. The van der Waals surface area contributed by atoms with Crippen molar-refractivity contribution in [2.45, 2.75) is 19.8 Å². The third kappa shape index (κ3) is 3.91. The number of nitrogens with one attached hydrogen (secondary N) is 2. The highest BCUT2D eigenvalue weighted by molar-refractivity contribution is 6.01. The van der Waals surface area contributed by atoms with E-state index in [9.17, 15) is 4.39 Å². The first kappa shape index (κ1) is 20.5. The van der Waals surface area contributed by atoms with Gasteiger partial charge in [0.1, 0.15) is 17.3 Å². The van der Waals surface area contributed by atoms with Crippen LogP contribution in [0.4, 0.5) is 21.6 Å². The Balaban J connectivity index is 1.57. The average Bonchev–Trinajstić information content (AvgIpc) is 3.25. The number of anilines is 3. The third-order valence-electron chi connectivity index (χ3n) is 5.85. The minimum Gasteiger partial charge on any atom is -0.378 e. The molecule has 0 atom stereocenters. The van der Waals surface area contributed by atoms with Crippen molar-refractivity contribution in [2.24, 2.45) is 0 Å². The molecular formula is C25H26FN5O. The summed E-state index contributed by atoms with van der Waals surface area (Å²) < 4.78 is 18.9. The number of aromatic amines is 1. The van der Waals surface area contributed by atoms with Crippen molar-refractivity contribution in [3.63, 3.8) is 0 Å². The van der Waals surface area contributed by atoms with Crippen LogP contribution < -0.4 is 10.2 Å². The van der Waals surface area contributed by atoms with Crippen LogP contribution in [-0.2, 0) is 4.74 Å². The van der Waals surface area contributed by atoms with Crippen LogP contribution in [0.2, 0.25) is 0 Å². The second-order valence-corrected chi connectivity index (χ2v) is 8.28. The molecule has 3 aromatic heterocycles. The van der Waals surface area contributed by atoms with Gasteiger partial charge in [-0.25, -0.2) is 14.4 Å². The van der Waals surface area contributed by atoms with E-state index in [1.165, 1.54) is 12.1 Å². The molecule has 2 N–H and O–H groups in total. The van der Waals surface area contributed by atoms with Crippen LogP contribution in [0.25, 0.3) is 22.3 Å². The van der Waals surface area contributed by atoms with Gasteiger partial charge in [-0.3, -0.25) is 0 Å².